The molecule has 0 bridgehead atoms. The Labute approximate surface area is 161 Å². The molecule has 0 atom stereocenters. The van der Waals surface area contributed by atoms with Crippen molar-refractivity contribution < 1.29 is 29.6 Å². The van der Waals surface area contributed by atoms with Crippen LogP contribution >= 0.6 is 0 Å². The van der Waals surface area contributed by atoms with Crippen LogP contribution in [0, 0.1) is 0 Å². The van der Waals surface area contributed by atoms with Gasteiger partial charge in [-0.2, -0.15) is 0 Å². The first-order valence-electron chi connectivity index (χ1n) is 7.96. The molecule has 3 rings (SSSR count). The number of aromatic hydroxyl groups is 1. The van der Waals surface area contributed by atoms with Crippen LogP contribution in [0.4, 0.5) is 0 Å². The van der Waals surface area contributed by atoms with Gasteiger partial charge in [-0.1, -0.05) is 0 Å². The molecule has 0 saturated carbocycles. The SMILES string of the molecule is C[Se]C1=C(Cc2ccc(Oc3ccccc3)c(O)c2)C(=O)C(O)=C(O)C1=O. The van der Waals surface area contributed by atoms with Crippen LogP contribution in [-0.4, -0.2) is 41.8 Å². The molecule has 0 radical (unpaired) electrons. The van der Waals surface area contributed by atoms with E-state index in [1.54, 1.807) is 30.1 Å². The van der Waals surface area contributed by atoms with Crippen LogP contribution in [0.2, 0.25) is 5.82 Å². The first kappa shape index (κ1) is 18.8. The van der Waals surface area contributed by atoms with Crippen LogP contribution in [0.25, 0.3) is 0 Å². The van der Waals surface area contributed by atoms with Gasteiger partial charge >= 0.3 is 161 Å². The Morgan fingerprint density at radius 2 is 1.59 bits per heavy atom. The second-order valence-electron chi connectivity index (χ2n) is 5.76. The van der Waals surface area contributed by atoms with E-state index in [-0.39, 0.29) is 42.9 Å². The van der Waals surface area contributed by atoms with E-state index in [4.69, 9.17) is 4.74 Å². The predicted molar refractivity (Wildman–Crippen MR) is 99.3 cm³/mol. The Morgan fingerprint density at radius 3 is 2.22 bits per heavy atom. The summed E-state index contributed by atoms with van der Waals surface area (Å²) in [6.45, 7) is 0. The summed E-state index contributed by atoms with van der Waals surface area (Å²) in [6, 6.07) is 13.6. The van der Waals surface area contributed by atoms with Gasteiger partial charge in [-0.25, -0.2) is 0 Å². The molecule has 0 heterocycles. The number of carbonyl (C=O) groups is 2. The number of para-hydroxylation sites is 1. The molecular weight excluding hydrogens is 415 g/mol. The molecule has 0 aromatic heterocycles. The number of ketones is 2. The van der Waals surface area contributed by atoms with Crippen molar-refractivity contribution in [1.82, 2.24) is 0 Å². The monoisotopic (exact) mass is 432 g/mol. The van der Waals surface area contributed by atoms with Crippen LogP contribution in [0.15, 0.2) is 70.1 Å². The fraction of sp³-hybridized carbons (Fsp3) is 0.100. The maximum atomic E-state index is 12.3. The molecule has 6 nitrogen and oxygen atoms in total. The molecule has 1 aliphatic rings. The third-order valence-corrected chi connectivity index (χ3v) is 5.75. The Balaban J connectivity index is 1.87. The van der Waals surface area contributed by atoms with Crippen molar-refractivity contribution in [2.45, 2.75) is 12.2 Å². The number of Topliss-reactive ketones (excluding diaryl/α,β-unsaturated/α-hetero) is 2. The molecule has 0 fully saturated rings. The van der Waals surface area contributed by atoms with Gasteiger partial charge in [-0.05, 0) is 0 Å². The molecule has 27 heavy (non-hydrogen) atoms. The Kier molecular flexibility index (Phi) is 5.35. The van der Waals surface area contributed by atoms with Gasteiger partial charge in [0.15, 0.2) is 0 Å². The zero-order chi connectivity index (χ0) is 19.6. The Morgan fingerprint density at radius 1 is 0.926 bits per heavy atom. The van der Waals surface area contributed by atoms with Gasteiger partial charge in [0, 0.05) is 0 Å². The number of hydrogen-bond acceptors (Lipinski definition) is 6. The van der Waals surface area contributed by atoms with E-state index in [0.717, 1.165) is 0 Å². The summed E-state index contributed by atoms with van der Waals surface area (Å²) in [5, 5.41) is 29.5. The van der Waals surface area contributed by atoms with E-state index in [0.29, 0.717) is 11.3 Å². The van der Waals surface area contributed by atoms with Crippen LogP contribution in [-0.2, 0) is 16.0 Å². The quantitative estimate of drug-likeness (QED) is 0.496. The first-order chi connectivity index (χ1) is 12.9. The number of aliphatic hydroxyl groups excluding tert-OH is 2. The second kappa shape index (κ2) is 7.70. The summed E-state index contributed by atoms with van der Waals surface area (Å²) in [5.41, 5.74) is 0.703. The third kappa shape index (κ3) is 3.74. The van der Waals surface area contributed by atoms with Gasteiger partial charge in [-0.3, -0.25) is 0 Å². The first-order valence-corrected chi connectivity index (χ1v) is 10.5. The van der Waals surface area contributed by atoms with E-state index < -0.39 is 23.1 Å². The zero-order valence-electron chi connectivity index (χ0n) is 14.3. The summed E-state index contributed by atoms with van der Waals surface area (Å²) in [6.07, 6.45) is 0.0476. The average Bonchev–Trinajstić information content (AvgIpc) is 2.67. The van der Waals surface area contributed by atoms with Gasteiger partial charge in [0.1, 0.15) is 0 Å². The number of carbonyl (C=O) groups excluding carboxylic acids is 2. The van der Waals surface area contributed by atoms with Gasteiger partial charge in [0.2, 0.25) is 0 Å². The minimum atomic E-state index is -0.934. The second-order valence-corrected chi connectivity index (χ2v) is 7.47. The number of ether oxygens (including phenoxy) is 1. The normalized spacial score (nSPS) is 14.7. The molecule has 7 heteroatoms. The molecule has 138 valence electrons. The number of rotatable bonds is 5. The molecule has 0 spiro atoms. The standard InChI is InChI=1S/C20H16O6Se/c1-27-20-13(16(22)17(23)18(24)19(20)25)9-11-7-8-15(14(21)10-11)26-12-5-3-2-4-6-12/h2-8,10,21,23-24H,9H2,1H3. The van der Waals surface area contributed by atoms with Gasteiger partial charge < -0.3 is 0 Å². The molecule has 0 unspecified atom stereocenters. The van der Waals surface area contributed by atoms with E-state index in [1.807, 2.05) is 18.2 Å². The number of allylic oxidation sites excluding steroid dienone is 2. The predicted octanol–water partition coefficient (Wildman–Crippen LogP) is 3.21. The number of phenols is 1. The van der Waals surface area contributed by atoms with Crippen LogP contribution < -0.4 is 4.74 Å². The molecule has 0 saturated heterocycles. The van der Waals surface area contributed by atoms with E-state index in [2.05, 4.69) is 0 Å². The van der Waals surface area contributed by atoms with Gasteiger partial charge in [-0.15, -0.1) is 0 Å². The van der Waals surface area contributed by atoms with Crippen molar-refractivity contribution in [3.05, 3.63) is 75.7 Å². The van der Waals surface area contributed by atoms with Gasteiger partial charge in [0.05, 0.1) is 0 Å². The van der Waals surface area contributed by atoms with Crippen LogP contribution in [0.1, 0.15) is 5.56 Å². The number of phenolic OH excluding ortho intramolecular Hbond substituents is 1. The van der Waals surface area contributed by atoms with Crippen LogP contribution in [0.5, 0.6) is 17.2 Å². The molecule has 3 N–H and O–H groups in total. The van der Waals surface area contributed by atoms with E-state index in [1.165, 1.54) is 6.07 Å². The molecule has 1 aliphatic carbocycles. The molecule has 0 amide bonds. The maximum absolute atomic E-state index is 12.3. The Bertz CT molecular complexity index is 975. The summed E-state index contributed by atoms with van der Waals surface area (Å²) in [5.74, 6) is -0.876. The number of hydrogen-bond donors (Lipinski definition) is 3. The number of benzene rings is 2. The summed E-state index contributed by atoms with van der Waals surface area (Å²) in [4.78, 5) is 24.4. The molecule has 2 aromatic rings. The minimum absolute atomic E-state index is 0.0476. The van der Waals surface area contributed by atoms with E-state index in [9.17, 15) is 24.9 Å². The summed E-state index contributed by atoms with van der Waals surface area (Å²) >= 11 is -0.352. The molecule has 0 aliphatic heterocycles. The van der Waals surface area contributed by atoms with Crippen molar-refractivity contribution in [1.29, 1.82) is 0 Å². The van der Waals surface area contributed by atoms with E-state index >= 15 is 0 Å². The number of aliphatic hydroxyl groups is 2. The fourth-order valence-corrected chi connectivity index (χ4v) is 4.12. The van der Waals surface area contributed by atoms with Gasteiger partial charge in [0.25, 0.3) is 0 Å². The molecular formula is C20H16O6Se. The third-order valence-electron chi connectivity index (χ3n) is 3.99. The van der Waals surface area contributed by atoms with Crippen molar-refractivity contribution >= 4 is 26.5 Å². The average molecular weight is 431 g/mol. The van der Waals surface area contributed by atoms with Crippen LogP contribution in [0.3, 0.4) is 0 Å². The summed E-state index contributed by atoms with van der Waals surface area (Å²) < 4.78 is 5.82. The Hall–Kier alpha value is -3.02. The summed E-state index contributed by atoms with van der Waals surface area (Å²) in [7, 11) is 0. The van der Waals surface area contributed by atoms with Crippen molar-refractivity contribution in [2.24, 2.45) is 0 Å². The van der Waals surface area contributed by atoms with Crippen molar-refractivity contribution in [3.8, 4) is 17.2 Å². The van der Waals surface area contributed by atoms with Crippen molar-refractivity contribution in [2.75, 3.05) is 0 Å². The molecule has 2 aromatic carbocycles. The topological polar surface area (TPSA) is 104 Å². The zero-order valence-corrected chi connectivity index (χ0v) is 16.0. The fourth-order valence-electron chi connectivity index (χ4n) is 2.66. The van der Waals surface area contributed by atoms with Crippen molar-refractivity contribution in [3.63, 3.8) is 0 Å².